The second-order valence-electron chi connectivity index (χ2n) is 4.10. The lowest BCUT2D eigenvalue weighted by Crippen LogP contribution is -1.96. The Balaban J connectivity index is 2.45. The largest absolute Gasteiger partial charge is 0.477 e. The minimum atomic E-state index is 0.0234. The van der Waals surface area contributed by atoms with E-state index in [1.165, 1.54) is 25.6 Å². The predicted octanol–water partition coefficient (Wildman–Crippen LogP) is 2.86. The number of hydrogen-bond acceptors (Lipinski definition) is 6. The number of ether oxygens (including phenoxy) is 2. The summed E-state index contributed by atoms with van der Waals surface area (Å²) in [6, 6.07) is 1.72. The molecule has 2 rings (SSSR count). The Kier molecular flexibility index (Phi) is 3.80. The molecule has 0 amide bonds. The Hall–Kier alpha value is -1.95. The van der Waals surface area contributed by atoms with Gasteiger partial charge in [-0.1, -0.05) is 12.2 Å². The molecule has 0 spiro atoms. The molecule has 0 fully saturated rings. The molecule has 5 nitrogen and oxygen atoms in total. The molecular weight excluding hydrogens is 264 g/mol. The molecule has 2 aromatic heterocycles. The van der Waals surface area contributed by atoms with Crippen LogP contribution in [0.2, 0.25) is 0 Å². The van der Waals surface area contributed by atoms with Gasteiger partial charge in [-0.3, -0.25) is 4.79 Å². The minimum Gasteiger partial charge on any atom is -0.477 e. The van der Waals surface area contributed by atoms with E-state index in [2.05, 4.69) is 16.5 Å². The van der Waals surface area contributed by atoms with Crippen molar-refractivity contribution in [2.75, 3.05) is 14.2 Å². The molecule has 19 heavy (non-hydrogen) atoms. The molecule has 0 aromatic carbocycles. The highest BCUT2D eigenvalue weighted by molar-refractivity contribution is 7.20. The van der Waals surface area contributed by atoms with Gasteiger partial charge in [-0.05, 0) is 13.0 Å². The summed E-state index contributed by atoms with van der Waals surface area (Å²) in [5, 5.41) is 0. The first-order valence-electron chi connectivity index (χ1n) is 5.62. The highest BCUT2D eigenvalue weighted by Crippen LogP contribution is 2.30. The van der Waals surface area contributed by atoms with Gasteiger partial charge >= 0.3 is 0 Å². The zero-order valence-corrected chi connectivity index (χ0v) is 11.8. The highest BCUT2D eigenvalue weighted by Gasteiger charge is 2.16. The molecular formula is C13H14N2O3S. The number of allylic oxidation sites excluding steroid dienone is 1. The molecule has 0 N–H and O–H groups in total. The number of carbonyl (C=O) groups is 1. The van der Waals surface area contributed by atoms with Crippen LogP contribution in [-0.4, -0.2) is 30.0 Å². The third-order valence-corrected chi connectivity index (χ3v) is 3.48. The van der Waals surface area contributed by atoms with Crippen molar-refractivity contribution in [1.82, 2.24) is 9.97 Å². The zero-order chi connectivity index (χ0) is 14.0. The van der Waals surface area contributed by atoms with Crippen LogP contribution in [0.25, 0.3) is 10.3 Å². The fraction of sp³-hybridized carbons (Fsp3) is 0.308. The van der Waals surface area contributed by atoms with E-state index in [1.54, 1.807) is 6.07 Å². The van der Waals surface area contributed by atoms with Crippen molar-refractivity contribution in [1.29, 1.82) is 0 Å². The van der Waals surface area contributed by atoms with Gasteiger partial charge < -0.3 is 9.47 Å². The van der Waals surface area contributed by atoms with Crippen LogP contribution < -0.4 is 9.47 Å². The highest BCUT2D eigenvalue weighted by atomic mass is 32.1. The molecule has 0 unspecified atom stereocenters. The first kappa shape index (κ1) is 13.5. The average Bonchev–Trinajstić information content (AvgIpc) is 2.78. The third-order valence-electron chi connectivity index (χ3n) is 2.43. The van der Waals surface area contributed by atoms with Crippen LogP contribution in [0, 0.1) is 0 Å². The molecule has 0 bridgehead atoms. The number of fused-ring (bicyclic) bond motifs is 1. The predicted molar refractivity (Wildman–Crippen MR) is 74.3 cm³/mol. The zero-order valence-electron chi connectivity index (χ0n) is 11.0. The van der Waals surface area contributed by atoms with Crippen LogP contribution in [0.15, 0.2) is 18.2 Å². The number of aromatic nitrogens is 2. The van der Waals surface area contributed by atoms with E-state index in [4.69, 9.17) is 9.47 Å². The Labute approximate surface area is 114 Å². The smallest absolute Gasteiger partial charge is 0.279 e. The van der Waals surface area contributed by atoms with Gasteiger partial charge in [-0.2, -0.15) is 4.98 Å². The Morgan fingerprint density at radius 3 is 2.53 bits per heavy atom. The maximum absolute atomic E-state index is 12.0. The maximum atomic E-state index is 12.0. The molecule has 0 saturated carbocycles. The topological polar surface area (TPSA) is 61.3 Å². The normalized spacial score (nSPS) is 10.5. The molecule has 2 aromatic rings. The van der Waals surface area contributed by atoms with Crippen LogP contribution in [-0.2, 0) is 0 Å². The monoisotopic (exact) mass is 278 g/mol. The van der Waals surface area contributed by atoms with Gasteiger partial charge in [0.2, 0.25) is 0 Å². The standard InChI is InChI=1S/C13H14N2O3S/c1-7(2)5-9(16)10-6-8-13(19-10)15-12(18-4)11(14-8)17-3/h6H,1,5H2,2-4H3. The number of rotatable bonds is 5. The first-order chi connectivity index (χ1) is 9.05. The molecule has 0 aliphatic heterocycles. The maximum Gasteiger partial charge on any atom is 0.279 e. The van der Waals surface area contributed by atoms with Crippen molar-refractivity contribution in [2.24, 2.45) is 0 Å². The van der Waals surface area contributed by atoms with Crippen LogP contribution in [0.1, 0.15) is 23.0 Å². The Morgan fingerprint density at radius 1 is 1.32 bits per heavy atom. The number of nitrogens with zero attached hydrogens (tertiary/aromatic N) is 2. The van der Waals surface area contributed by atoms with E-state index < -0.39 is 0 Å². The molecule has 0 aliphatic rings. The average molecular weight is 278 g/mol. The lowest BCUT2D eigenvalue weighted by molar-refractivity contribution is 0.0997. The summed E-state index contributed by atoms with van der Waals surface area (Å²) in [5.74, 6) is 0.651. The second-order valence-corrected chi connectivity index (χ2v) is 5.13. The number of methoxy groups -OCH3 is 2. The van der Waals surface area contributed by atoms with Crippen molar-refractivity contribution in [3.8, 4) is 11.8 Å². The van der Waals surface area contributed by atoms with Gasteiger partial charge in [0.1, 0.15) is 10.3 Å². The van der Waals surface area contributed by atoms with Crippen LogP contribution in [0.5, 0.6) is 11.8 Å². The number of hydrogen-bond donors (Lipinski definition) is 0. The van der Waals surface area contributed by atoms with Crippen molar-refractivity contribution in [3.05, 3.63) is 23.1 Å². The van der Waals surface area contributed by atoms with Crippen LogP contribution in [0.4, 0.5) is 0 Å². The fourth-order valence-electron chi connectivity index (χ4n) is 1.59. The quantitative estimate of drug-likeness (QED) is 0.621. The van der Waals surface area contributed by atoms with Crippen molar-refractivity contribution < 1.29 is 14.3 Å². The molecule has 6 heteroatoms. The fourth-order valence-corrected chi connectivity index (χ4v) is 2.50. The van der Waals surface area contributed by atoms with Crippen LogP contribution >= 0.6 is 11.3 Å². The number of thiophene rings is 1. The van der Waals surface area contributed by atoms with Gasteiger partial charge in [-0.25, -0.2) is 4.98 Å². The van der Waals surface area contributed by atoms with Gasteiger partial charge in [0.15, 0.2) is 5.78 Å². The summed E-state index contributed by atoms with van der Waals surface area (Å²) in [7, 11) is 3.00. The lowest BCUT2D eigenvalue weighted by atomic mass is 10.1. The molecule has 0 saturated heterocycles. The SMILES string of the molecule is C=C(C)CC(=O)c1cc2nc(OC)c(OC)nc2s1. The van der Waals surface area contributed by atoms with E-state index >= 15 is 0 Å². The van der Waals surface area contributed by atoms with Gasteiger partial charge in [0.05, 0.1) is 19.1 Å². The lowest BCUT2D eigenvalue weighted by Gasteiger charge is -2.03. The third kappa shape index (κ3) is 2.73. The number of ketones is 1. The van der Waals surface area contributed by atoms with Gasteiger partial charge in [-0.15, -0.1) is 11.3 Å². The van der Waals surface area contributed by atoms with Crippen molar-refractivity contribution >= 4 is 27.5 Å². The Bertz CT molecular complexity index is 608. The molecule has 2 heterocycles. The molecule has 0 radical (unpaired) electrons. The summed E-state index contributed by atoms with van der Waals surface area (Å²) in [5.41, 5.74) is 1.46. The summed E-state index contributed by atoms with van der Waals surface area (Å²) in [6.45, 7) is 5.57. The number of carbonyl (C=O) groups excluding carboxylic acids is 1. The van der Waals surface area contributed by atoms with E-state index in [0.717, 1.165) is 5.57 Å². The van der Waals surface area contributed by atoms with Crippen molar-refractivity contribution in [2.45, 2.75) is 13.3 Å². The summed E-state index contributed by atoms with van der Waals surface area (Å²) >= 11 is 1.30. The van der Waals surface area contributed by atoms with E-state index in [-0.39, 0.29) is 5.78 Å². The molecule has 100 valence electrons. The Morgan fingerprint density at radius 2 is 1.95 bits per heavy atom. The van der Waals surface area contributed by atoms with Gasteiger partial charge in [0, 0.05) is 6.42 Å². The van der Waals surface area contributed by atoms with Crippen LogP contribution in [0.3, 0.4) is 0 Å². The summed E-state index contributed by atoms with van der Waals surface area (Å²) < 4.78 is 10.2. The van der Waals surface area contributed by atoms with E-state index in [0.29, 0.717) is 33.4 Å². The molecule has 0 aliphatic carbocycles. The van der Waals surface area contributed by atoms with Gasteiger partial charge in [0.25, 0.3) is 11.8 Å². The summed E-state index contributed by atoms with van der Waals surface area (Å²) in [4.78, 5) is 21.8. The van der Waals surface area contributed by atoms with E-state index in [9.17, 15) is 4.79 Å². The minimum absolute atomic E-state index is 0.0234. The second kappa shape index (κ2) is 5.36. The van der Waals surface area contributed by atoms with E-state index in [1.807, 2.05) is 6.92 Å². The summed E-state index contributed by atoms with van der Waals surface area (Å²) in [6.07, 6.45) is 0.334. The first-order valence-corrected chi connectivity index (χ1v) is 6.44. The number of Topliss-reactive ketones (excluding diaryl/α,β-unsaturated/α-hetero) is 1. The molecule has 0 atom stereocenters. The van der Waals surface area contributed by atoms with Crippen molar-refractivity contribution in [3.63, 3.8) is 0 Å².